The van der Waals surface area contributed by atoms with E-state index in [1.807, 2.05) is 0 Å². The Morgan fingerprint density at radius 3 is 2.19 bits per heavy atom. The average molecular weight is 250 g/mol. The zero-order chi connectivity index (χ0) is 12.8. The van der Waals surface area contributed by atoms with Crippen molar-refractivity contribution < 1.29 is 13.5 Å². The average Bonchev–Trinajstić information content (AvgIpc) is 2.21. The topological polar surface area (TPSA) is 54.4 Å². The first-order valence-corrected chi connectivity index (χ1v) is 8.15. The van der Waals surface area contributed by atoms with Crippen LogP contribution in [0.4, 0.5) is 0 Å². The van der Waals surface area contributed by atoms with Gasteiger partial charge in [0.1, 0.15) is 0 Å². The van der Waals surface area contributed by atoms with Gasteiger partial charge in [0.25, 0.3) is 0 Å². The molecule has 0 rings (SSSR count). The number of hydrogen-bond acceptors (Lipinski definition) is 3. The maximum atomic E-state index is 11.3. The second-order valence-corrected chi connectivity index (χ2v) is 7.16. The van der Waals surface area contributed by atoms with Crippen LogP contribution in [0.5, 0.6) is 0 Å². The predicted octanol–water partition coefficient (Wildman–Crippen LogP) is 2.39. The minimum Gasteiger partial charge on any atom is -0.392 e. The van der Waals surface area contributed by atoms with Crippen LogP contribution in [0.1, 0.15) is 52.9 Å². The lowest BCUT2D eigenvalue weighted by Crippen LogP contribution is -2.32. The zero-order valence-electron chi connectivity index (χ0n) is 10.9. The summed E-state index contributed by atoms with van der Waals surface area (Å²) in [6, 6.07) is 0. The Bertz CT molecular complexity index is 272. The van der Waals surface area contributed by atoms with Gasteiger partial charge in [0.2, 0.25) is 0 Å². The van der Waals surface area contributed by atoms with Gasteiger partial charge in [-0.05, 0) is 19.3 Å². The molecule has 0 aromatic carbocycles. The lowest BCUT2D eigenvalue weighted by Gasteiger charge is -2.22. The van der Waals surface area contributed by atoms with E-state index in [4.69, 9.17) is 0 Å². The molecule has 0 saturated heterocycles. The molecule has 0 spiro atoms. The molecular weight excluding hydrogens is 224 g/mol. The Morgan fingerprint density at radius 2 is 1.81 bits per heavy atom. The van der Waals surface area contributed by atoms with E-state index in [0.29, 0.717) is 12.3 Å². The molecule has 3 nitrogen and oxygen atoms in total. The zero-order valence-corrected chi connectivity index (χ0v) is 11.8. The van der Waals surface area contributed by atoms with E-state index in [0.717, 1.165) is 25.7 Å². The summed E-state index contributed by atoms with van der Waals surface area (Å²) in [5.41, 5.74) is 0. The van der Waals surface area contributed by atoms with Crippen LogP contribution in [0, 0.1) is 5.92 Å². The largest absolute Gasteiger partial charge is 0.392 e. The third-order valence-electron chi connectivity index (χ3n) is 3.34. The molecule has 0 aromatic heterocycles. The fourth-order valence-corrected chi connectivity index (χ4v) is 2.48. The number of aliphatic hydroxyl groups is 1. The van der Waals surface area contributed by atoms with E-state index in [2.05, 4.69) is 13.8 Å². The van der Waals surface area contributed by atoms with Crippen LogP contribution in [0.25, 0.3) is 0 Å². The van der Waals surface area contributed by atoms with Crippen LogP contribution < -0.4 is 0 Å². The van der Waals surface area contributed by atoms with E-state index < -0.39 is 21.2 Å². The molecular formula is C12H26O3S. The third-order valence-corrected chi connectivity index (χ3v) is 5.00. The Kier molecular flexibility index (Phi) is 7.24. The minimum absolute atomic E-state index is 0.444. The summed E-state index contributed by atoms with van der Waals surface area (Å²) < 4.78 is 22.6. The lowest BCUT2D eigenvalue weighted by molar-refractivity contribution is 0.136. The van der Waals surface area contributed by atoms with Crippen LogP contribution in [-0.2, 0) is 9.84 Å². The van der Waals surface area contributed by atoms with Gasteiger partial charge in [0, 0.05) is 6.26 Å². The lowest BCUT2D eigenvalue weighted by atomic mass is 9.92. The molecule has 0 aromatic rings. The molecule has 98 valence electrons. The molecule has 3 unspecified atom stereocenters. The molecule has 0 aliphatic carbocycles. The van der Waals surface area contributed by atoms with Gasteiger partial charge in [0.15, 0.2) is 9.84 Å². The fourth-order valence-electron chi connectivity index (χ4n) is 1.80. The molecule has 0 radical (unpaired) electrons. The highest BCUT2D eigenvalue weighted by Crippen LogP contribution is 2.21. The molecule has 0 heterocycles. The highest BCUT2D eigenvalue weighted by molar-refractivity contribution is 7.91. The predicted molar refractivity (Wildman–Crippen MR) is 68.2 cm³/mol. The molecule has 0 aliphatic heterocycles. The Morgan fingerprint density at radius 1 is 1.25 bits per heavy atom. The SMILES string of the molecule is CCCCC(CC)CC(O)C(C)S(C)(=O)=O. The Balaban J connectivity index is 4.24. The molecule has 3 atom stereocenters. The second kappa shape index (κ2) is 7.28. The van der Waals surface area contributed by atoms with Crippen LogP contribution in [0.3, 0.4) is 0 Å². The van der Waals surface area contributed by atoms with E-state index in [-0.39, 0.29) is 0 Å². The first-order valence-electron chi connectivity index (χ1n) is 6.19. The summed E-state index contributed by atoms with van der Waals surface area (Å²) in [5, 5.41) is 9.23. The number of hydrogen-bond donors (Lipinski definition) is 1. The van der Waals surface area contributed by atoms with E-state index in [9.17, 15) is 13.5 Å². The van der Waals surface area contributed by atoms with Crippen LogP contribution in [-0.4, -0.2) is 31.1 Å². The van der Waals surface area contributed by atoms with E-state index >= 15 is 0 Å². The van der Waals surface area contributed by atoms with Gasteiger partial charge in [-0.1, -0.05) is 39.5 Å². The first kappa shape index (κ1) is 15.9. The number of aliphatic hydroxyl groups excluding tert-OH is 1. The summed E-state index contributed by atoms with van der Waals surface area (Å²) >= 11 is 0. The van der Waals surface area contributed by atoms with Gasteiger partial charge in [0.05, 0.1) is 11.4 Å². The first-order chi connectivity index (χ1) is 7.32. The van der Waals surface area contributed by atoms with Crippen molar-refractivity contribution in [1.29, 1.82) is 0 Å². The number of rotatable bonds is 8. The standard InChI is InChI=1S/C12H26O3S/c1-5-7-8-11(6-2)9-12(13)10(3)16(4,14)15/h10-13H,5-9H2,1-4H3. The van der Waals surface area contributed by atoms with E-state index in [1.165, 1.54) is 6.26 Å². The van der Waals surface area contributed by atoms with Crippen molar-refractivity contribution in [3.63, 3.8) is 0 Å². The van der Waals surface area contributed by atoms with Crippen molar-refractivity contribution in [2.24, 2.45) is 5.92 Å². The highest BCUT2D eigenvalue weighted by atomic mass is 32.2. The quantitative estimate of drug-likeness (QED) is 0.719. The Labute approximate surface area is 100 Å². The van der Waals surface area contributed by atoms with Gasteiger partial charge < -0.3 is 5.11 Å². The van der Waals surface area contributed by atoms with Crippen molar-refractivity contribution in [3.8, 4) is 0 Å². The summed E-state index contributed by atoms with van der Waals surface area (Å²) in [4.78, 5) is 0. The van der Waals surface area contributed by atoms with Crippen molar-refractivity contribution >= 4 is 9.84 Å². The summed E-state index contributed by atoms with van der Waals surface area (Å²) in [5.74, 6) is 0.444. The minimum atomic E-state index is -3.13. The van der Waals surface area contributed by atoms with Crippen molar-refractivity contribution in [2.45, 2.75) is 64.2 Å². The van der Waals surface area contributed by atoms with Crippen LogP contribution in [0.2, 0.25) is 0 Å². The fraction of sp³-hybridized carbons (Fsp3) is 1.00. The van der Waals surface area contributed by atoms with Gasteiger partial charge in [-0.15, -0.1) is 0 Å². The highest BCUT2D eigenvalue weighted by Gasteiger charge is 2.25. The van der Waals surface area contributed by atoms with Gasteiger partial charge in [-0.25, -0.2) is 8.42 Å². The van der Waals surface area contributed by atoms with Crippen LogP contribution in [0.15, 0.2) is 0 Å². The molecule has 0 amide bonds. The van der Waals surface area contributed by atoms with Crippen LogP contribution >= 0.6 is 0 Å². The molecule has 16 heavy (non-hydrogen) atoms. The summed E-state index contributed by atoms with van der Waals surface area (Å²) in [6.07, 6.45) is 5.45. The summed E-state index contributed by atoms with van der Waals surface area (Å²) in [7, 11) is -3.13. The molecule has 0 bridgehead atoms. The van der Waals surface area contributed by atoms with Crippen molar-refractivity contribution in [1.82, 2.24) is 0 Å². The molecule has 0 fully saturated rings. The summed E-state index contributed by atoms with van der Waals surface area (Å²) in [6.45, 7) is 5.83. The monoisotopic (exact) mass is 250 g/mol. The van der Waals surface area contributed by atoms with Gasteiger partial charge in [-0.2, -0.15) is 0 Å². The normalized spacial score (nSPS) is 18.1. The maximum absolute atomic E-state index is 11.3. The smallest absolute Gasteiger partial charge is 0.152 e. The molecule has 0 aliphatic rings. The number of sulfone groups is 1. The Hall–Kier alpha value is -0.0900. The third kappa shape index (κ3) is 5.85. The van der Waals surface area contributed by atoms with Crippen molar-refractivity contribution in [3.05, 3.63) is 0 Å². The molecule has 0 saturated carbocycles. The number of unbranched alkanes of at least 4 members (excludes halogenated alkanes) is 1. The molecule has 1 N–H and O–H groups in total. The van der Waals surface area contributed by atoms with E-state index in [1.54, 1.807) is 6.92 Å². The second-order valence-electron chi connectivity index (χ2n) is 4.75. The maximum Gasteiger partial charge on any atom is 0.152 e. The molecule has 4 heteroatoms. The van der Waals surface area contributed by atoms with Gasteiger partial charge >= 0.3 is 0 Å². The van der Waals surface area contributed by atoms with Gasteiger partial charge in [-0.3, -0.25) is 0 Å². The van der Waals surface area contributed by atoms with Crippen molar-refractivity contribution in [2.75, 3.05) is 6.26 Å².